The number of nitrogens with two attached hydrogens (primary N) is 2. The van der Waals surface area contributed by atoms with Gasteiger partial charge in [0.1, 0.15) is 90.4 Å². The van der Waals surface area contributed by atoms with E-state index in [1.165, 1.54) is 117 Å². The molecule has 79 heavy (non-hydrogen) atoms. The number of rotatable bonds is 34. The Morgan fingerprint density at radius 2 is 1.16 bits per heavy atom. The van der Waals surface area contributed by atoms with E-state index in [2.05, 4.69) is 33.2 Å². The van der Waals surface area contributed by atoms with Crippen LogP contribution >= 0.6 is 7.82 Å². The molecule has 2 saturated heterocycles. The fraction of sp³-hybridized carbons (Fsp3) is 0.611. The monoisotopic (exact) mass is 1120 g/mol. The number of benzene rings is 1. The molecule has 2 aliphatic rings. The summed E-state index contributed by atoms with van der Waals surface area (Å²) in [5, 5.41) is 84.6. The Balaban J connectivity index is 1.02. The van der Waals surface area contributed by atoms with Gasteiger partial charge in [-0.1, -0.05) is 109 Å². The van der Waals surface area contributed by atoms with Crippen LogP contribution in [-0.4, -0.2) is 132 Å². The third kappa shape index (κ3) is 14.5. The van der Waals surface area contributed by atoms with Gasteiger partial charge in [0.15, 0.2) is 11.6 Å². The SMILES string of the molecule is CCCCCCCCCCCCCCCCCCOC[C@H](COP(=O)(OC[C@H]1O[C@@](C#N)(c2ccc3c(N)ncnn23)[C@H](O)[C@@H]1O)OC[C@H]1O[C@@](C#N)(c2ccc3c(N)ncnn23)[C@H](O)[C@@H]1O)OCc1ccc(C#N)c(OC)c1. The van der Waals surface area contributed by atoms with E-state index in [0.717, 1.165) is 38.3 Å². The van der Waals surface area contributed by atoms with Crippen molar-refractivity contribution < 1.29 is 62.2 Å². The molecule has 1 aromatic carbocycles. The summed E-state index contributed by atoms with van der Waals surface area (Å²) in [6.45, 7) is 0.410. The van der Waals surface area contributed by atoms with E-state index in [1.807, 2.05) is 12.1 Å². The molecular weight excluding hydrogens is 1040 g/mol. The van der Waals surface area contributed by atoms with Crippen molar-refractivity contribution in [2.45, 2.75) is 170 Å². The van der Waals surface area contributed by atoms with Gasteiger partial charge in [0, 0.05) is 6.61 Å². The maximum Gasteiger partial charge on any atom is 0.475 e. The summed E-state index contributed by atoms with van der Waals surface area (Å²) >= 11 is 0. The van der Waals surface area contributed by atoms with Crippen molar-refractivity contribution >= 4 is 30.5 Å². The van der Waals surface area contributed by atoms with Crippen LogP contribution < -0.4 is 16.2 Å². The summed E-state index contributed by atoms with van der Waals surface area (Å²) in [4.78, 5) is 7.91. The molecule has 0 spiro atoms. The summed E-state index contributed by atoms with van der Waals surface area (Å²) in [5.41, 5.74) is 9.08. The van der Waals surface area contributed by atoms with Gasteiger partial charge in [-0.25, -0.2) is 23.6 Å². The molecule has 8 N–H and O–H groups in total. The molecule has 6 heterocycles. The van der Waals surface area contributed by atoms with Crippen molar-refractivity contribution in [2.24, 2.45) is 0 Å². The molecule has 5 aromatic rings. The van der Waals surface area contributed by atoms with E-state index in [9.17, 15) is 36.2 Å². The first kappa shape index (κ1) is 60.8. The van der Waals surface area contributed by atoms with Crippen LogP contribution in [0.4, 0.5) is 11.6 Å². The van der Waals surface area contributed by atoms with Gasteiger partial charge >= 0.3 is 7.82 Å². The predicted octanol–water partition coefficient (Wildman–Crippen LogP) is 6.22. The number of phosphoric ester groups is 1. The van der Waals surface area contributed by atoms with Gasteiger partial charge < -0.3 is 55.6 Å². The summed E-state index contributed by atoms with van der Waals surface area (Å²) in [6.07, 6.45) is 10.4. The first-order chi connectivity index (χ1) is 38.3. The standard InChI is InChI=1S/C54H74N11O13P/c1-3-4-5-6-7-8-9-10-11-12-13-14-15-16-17-18-25-72-29-39(73-28-37-19-20-38(27-55)42(26-37)71-2)30-74-79(70,75-31-43-47(66)49(68)53(33-56,77-43)45-23-21-40-51(58)60-35-62-64(40)45)76-32-44-48(67)50(69)54(34-57,78-44)46-24-22-41-52(59)61-36-63-65(41)46/h19-24,26,35-36,39,43-44,47-50,66-69H,3-18,25,28-32H2,1-2H3,(H2,58,60,62)(H2,59,61,63)/t39-,43-,44-,47-,48-,49-,50-,53+,54+/m1/s1. The van der Waals surface area contributed by atoms with E-state index in [1.54, 1.807) is 18.2 Å². The number of aromatic nitrogens is 6. The van der Waals surface area contributed by atoms with Gasteiger partial charge in [0.05, 0.1) is 57.1 Å². The van der Waals surface area contributed by atoms with Gasteiger partial charge in [-0.05, 0) is 48.4 Å². The number of anilines is 2. The van der Waals surface area contributed by atoms with Crippen LogP contribution in [0.25, 0.3) is 11.0 Å². The van der Waals surface area contributed by atoms with E-state index >= 15 is 4.57 Å². The second kappa shape index (κ2) is 29.0. The number of aliphatic hydroxyl groups excluding tert-OH is 4. The quantitative estimate of drug-likeness (QED) is 0.0197. The second-order valence-electron chi connectivity index (χ2n) is 20.0. The molecule has 7 rings (SSSR count). The number of phosphoric acid groups is 1. The fourth-order valence-electron chi connectivity index (χ4n) is 9.96. The smallest absolute Gasteiger partial charge is 0.475 e. The number of hydrogen-bond acceptors (Lipinski definition) is 22. The van der Waals surface area contributed by atoms with Crippen molar-refractivity contribution in [3.63, 3.8) is 0 Å². The molecule has 2 aliphatic heterocycles. The highest BCUT2D eigenvalue weighted by atomic mass is 31.2. The number of nitriles is 3. The number of nitrogens with zero attached hydrogens (tertiary/aromatic N) is 9. The van der Waals surface area contributed by atoms with Gasteiger partial charge in [-0.2, -0.15) is 26.0 Å². The van der Waals surface area contributed by atoms with E-state index in [0.29, 0.717) is 23.5 Å². The maximum atomic E-state index is 15.0. The molecule has 0 bridgehead atoms. The highest BCUT2D eigenvalue weighted by Crippen LogP contribution is 2.52. The number of nitrogen functional groups attached to an aromatic ring is 2. The van der Waals surface area contributed by atoms with E-state index in [-0.39, 0.29) is 47.3 Å². The first-order valence-electron chi connectivity index (χ1n) is 27.2. The number of ether oxygens (including phenoxy) is 5. The van der Waals surface area contributed by atoms with Gasteiger partial charge in [0.2, 0.25) is 11.2 Å². The summed E-state index contributed by atoms with van der Waals surface area (Å²) in [5.74, 6) is 0.466. The molecule has 4 aromatic heterocycles. The van der Waals surface area contributed by atoms with Crippen LogP contribution in [0.3, 0.4) is 0 Å². The Hall–Kier alpha value is -5.88. The largest absolute Gasteiger partial charge is 0.495 e. The minimum atomic E-state index is -4.97. The fourth-order valence-corrected chi connectivity index (χ4v) is 11.2. The van der Waals surface area contributed by atoms with Crippen molar-refractivity contribution in [1.29, 1.82) is 15.8 Å². The molecule has 0 aliphatic carbocycles. The molecule has 0 amide bonds. The Bertz CT molecular complexity index is 2800. The maximum absolute atomic E-state index is 15.0. The Kier molecular flexibility index (Phi) is 22.3. The predicted molar refractivity (Wildman–Crippen MR) is 285 cm³/mol. The zero-order valence-electron chi connectivity index (χ0n) is 44.9. The van der Waals surface area contributed by atoms with Crippen molar-refractivity contribution in [1.82, 2.24) is 29.2 Å². The molecule has 25 heteroatoms. The average Bonchev–Trinajstić information content (AvgIpc) is 4.44. The van der Waals surface area contributed by atoms with Crippen LogP contribution in [0.5, 0.6) is 5.75 Å². The topological polar surface area (TPSA) is 356 Å². The van der Waals surface area contributed by atoms with E-state index < -0.39 is 81.6 Å². The number of fused-ring (bicyclic) bond motifs is 2. The van der Waals surface area contributed by atoms with Crippen LogP contribution in [0.2, 0.25) is 0 Å². The van der Waals surface area contributed by atoms with Gasteiger partial charge in [0.25, 0.3) is 0 Å². The lowest BCUT2D eigenvalue weighted by atomic mass is 9.92. The average molecular weight is 1120 g/mol. The van der Waals surface area contributed by atoms with Crippen LogP contribution in [0.15, 0.2) is 55.1 Å². The van der Waals surface area contributed by atoms with Gasteiger partial charge in [-0.3, -0.25) is 13.6 Å². The molecule has 0 radical (unpaired) electrons. The van der Waals surface area contributed by atoms with Gasteiger partial charge in [-0.15, -0.1) is 0 Å². The van der Waals surface area contributed by atoms with Crippen molar-refractivity contribution in [2.75, 3.05) is 51.6 Å². The normalized spacial score (nSPS) is 23.5. The second-order valence-corrected chi connectivity index (χ2v) is 21.7. The molecule has 0 saturated carbocycles. The number of methoxy groups -OCH3 is 1. The number of aliphatic hydroxyl groups is 4. The number of unbranched alkanes of at least 4 members (excludes halogenated alkanes) is 15. The summed E-state index contributed by atoms with van der Waals surface area (Å²) < 4.78 is 65.1. The molecule has 9 atom stereocenters. The summed E-state index contributed by atoms with van der Waals surface area (Å²) in [7, 11) is -3.53. The Morgan fingerprint density at radius 3 is 1.62 bits per heavy atom. The molecule has 24 nitrogen and oxygen atoms in total. The highest BCUT2D eigenvalue weighted by molar-refractivity contribution is 7.48. The zero-order chi connectivity index (χ0) is 56.4. The minimum absolute atomic E-state index is 0.000103. The lowest BCUT2D eigenvalue weighted by Gasteiger charge is -2.26. The van der Waals surface area contributed by atoms with E-state index in [4.69, 9.17) is 48.7 Å². The van der Waals surface area contributed by atoms with Crippen molar-refractivity contribution in [3.05, 3.63) is 77.6 Å². The lowest BCUT2D eigenvalue weighted by Crippen LogP contribution is -2.41. The Morgan fingerprint density at radius 1 is 0.684 bits per heavy atom. The molecule has 2 fully saturated rings. The highest BCUT2D eigenvalue weighted by Gasteiger charge is 2.59. The number of hydrogen-bond donors (Lipinski definition) is 6. The van der Waals surface area contributed by atoms with Crippen molar-refractivity contribution in [3.8, 4) is 24.0 Å². The zero-order valence-corrected chi connectivity index (χ0v) is 45.8. The molecule has 0 unspecified atom stereocenters. The third-order valence-electron chi connectivity index (χ3n) is 14.5. The van der Waals surface area contributed by atoms with Crippen LogP contribution in [0.1, 0.15) is 132 Å². The minimum Gasteiger partial charge on any atom is -0.495 e. The third-order valence-corrected chi connectivity index (χ3v) is 15.9. The molecule has 428 valence electrons. The van der Waals surface area contributed by atoms with Crippen LogP contribution in [0, 0.1) is 34.0 Å². The molecular formula is C54H74N11O13P. The first-order valence-corrected chi connectivity index (χ1v) is 28.6. The Labute approximate surface area is 459 Å². The lowest BCUT2D eigenvalue weighted by molar-refractivity contribution is -0.0802. The summed E-state index contributed by atoms with van der Waals surface area (Å²) in [6, 6.07) is 16.8. The van der Waals surface area contributed by atoms with Crippen LogP contribution in [-0.2, 0) is 54.9 Å².